The molecule has 0 aromatic heterocycles. The van der Waals surface area contributed by atoms with Gasteiger partial charge in [0.05, 0.1) is 7.11 Å². The smallest absolute Gasteiger partial charge is 0.244 e. The van der Waals surface area contributed by atoms with Crippen molar-refractivity contribution in [2.45, 2.75) is 18.2 Å². The first-order valence-corrected chi connectivity index (χ1v) is 6.23. The van der Waals surface area contributed by atoms with Crippen LogP contribution in [0.1, 0.15) is 13.3 Å². The van der Waals surface area contributed by atoms with Gasteiger partial charge in [0.25, 0.3) is 0 Å². The van der Waals surface area contributed by atoms with Gasteiger partial charge in [-0.05, 0) is 18.6 Å². The molecule has 0 aliphatic carbocycles. The van der Waals surface area contributed by atoms with Gasteiger partial charge < -0.3 is 4.74 Å². The van der Waals surface area contributed by atoms with E-state index in [1.165, 1.54) is 13.2 Å². The summed E-state index contributed by atoms with van der Waals surface area (Å²) in [5, 5.41) is 0. The van der Waals surface area contributed by atoms with Gasteiger partial charge in [-0.25, -0.2) is 13.1 Å². The predicted molar refractivity (Wildman–Crippen MR) is 58.5 cm³/mol. The van der Waals surface area contributed by atoms with Crippen molar-refractivity contribution < 1.29 is 13.2 Å². The molecule has 0 saturated heterocycles. The molecule has 0 radical (unpaired) electrons. The largest absolute Gasteiger partial charge is 0.495 e. The number of benzene rings is 1. The zero-order valence-corrected chi connectivity index (χ0v) is 9.67. The van der Waals surface area contributed by atoms with Crippen LogP contribution in [0.15, 0.2) is 29.2 Å². The Kier molecular flexibility index (Phi) is 4.11. The van der Waals surface area contributed by atoms with Crippen LogP contribution >= 0.6 is 0 Å². The maximum atomic E-state index is 11.8. The van der Waals surface area contributed by atoms with Crippen LogP contribution < -0.4 is 9.46 Å². The number of nitrogens with one attached hydrogen (secondary N) is 1. The molecule has 1 aromatic carbocycles. The molecule has 15 heavy (non-hydrogen) atoms. The molecule has 1 aromatic rings. The molecule has 0 amide bonds. The van der Waals surface area contributed by atoms with Crippen molar-refractivity contribution >= 4 is 10.0 Å². The lowest BCUT2D eigenvalue weighted by Crippen LogP contribution is -2.24. The van der Waals surface area contributed by atoms with Crippen molar-refractivity contribution in [2.75, 3.05) is 13.7 Å². The lowest BCUT2D eigenvalue weighted by atomic mass is 10.3. The second-order valence-corrected chi connectivity index (χ2v) is 4.78. The van der Waals surface area contributed by atoms with Crippen molar-refractivity contribution in [2.24, 2.45) is 0 Å². The molecule has 0 unspecified atom stereocenters. The van der Waals surface area contributed by atoms with Gasteiger partial charge in [0.15, 0.2) is 0 Å². The molecule has 0 bridgehead atoms. The van der Waals surface area contributed by atoms with Crippen molar-refractivity contribution in [1.29, 1.82) is 0 Å². The Balaban J connectivity index is 3.04. The van der Waals surface area contributed by atoms with Crippen molar-refractivity contribution in [3.05, 3.63) is 24.3 Å². The highest BCUT2D eigenvalue weighted by molar-refractivity contribution is 7.89. The van der Waals surface area contributed by atoms with Crippen molar-refractivity contribution in [1.82, 2.24) is 4.72 Å². The minimum atomic E-state index is -3.44. The molecule has 0 atom stereocenters. The van der Waals surface area contributed by atoms with E-state index in [0.29, 0.717) is 12.3 Å². The molecule has 0 spiro atoms. The lowest BCUT2D eigenvalue weighted by Gasteiger charge is -2.09. The third-order valence-electron chi connectivity index (χ3n) is 1.90. The van der Waals surface area contributed by atoms with Crippen LogP contribution in [0.4, 0.5) is 0 Å². The fourth-order valence-corrected chi connectivity index (χ4v) is 2.46. The normalized spacial score (nSPS) is 11.3. The Morgan fingerprint density at radius 3 is 2.60 bits per heavy atom. The Morgan fingerprint density at radius 1 is 1.33 bits per heavy atom. The Hall–Kier alpha value is -1.07. The minimum absolute atomic E-state index is 0.181. The monoisotopic (exact) mass is 229 g/mol. The Bertz CT molecular complexity index is 414. The summed E-state index contributed by atoms with van der Waals surface area (Å²) >= 11 is 0. The lowest BCUT2D eigenvalue weighted by molar-refractivity contribution is 0.402. The summed E-state index contributed by atoms with van der Waals surface area (Å²) in [5.74, 6) is 0.362. The molecule has 0 aliphatic heterocycles. The number of sulfonamides is 1. The first kappa shape index (κ1) is 12.0. The van der Waals surface area contributed by atoms with E-state index in [2.05, 4.69) is 4.72 Å². The molecular formula is C10H15NO3S. The molecule has 0 saturated carbocycles. The second kappa shape index (κ2) is 5.14. The van der Waals surface area contributed by atoms with Crippen molar-refractivity contribution in [3.63, 3.8) is 0 Å². The topological polar surface area (TPSA) is 55.4 Å². The van der Waals surface area contributed by atoms with Gasteiger partial charge in [0, 0.05) is 6.54 Å². The number of hydrogen-bond acceptors (Lipinski definition) is 3. The zero-order chi connectivity index (χ0) is 11.3. The molecule has 84 valence electrons. The van der Waals surface area contributed by atoms with Crippen LogP contribution in [0.25, 0.3) is 0 Å². The van der Waals surface area contributed by atoms with E-state index in [-0.39, 0.29) is 4.90 Å². The number of methoxy groups -OCH3 is 1. The quantitative estimate of drug-likeness (QED) is 0.830. The highest BCUT2D eigenvalue weighted by Gasteiger charge is 2.17. The third kappa shape index (κ3) is 2.94. The molecule has 0 fully saturated rings. The summed E-state index contributed by atoms with van der Waals surface area (Å²) in [7, 11) is -1.99. The maximum Gasteiger partial charge on any atom is 0.244 e. The SMILES string of the molecule is CCCNS(=O)(=O)c1ccccc1OC. The summed E-state index contributed by atoms with van der Waals surface area (Å²) in [5.41, 5.74) is 0. The Morgan fingerprint density at radius 2 is 2.00 bits per heavy atom. The van der Waals surface area contributed by atoms with Crippen LogP contribution in [0.2, 0.25) is 0 Å². The van der Waals surface area contributed by atoms with Crippen LogP contribution in [0.5, 0.6) is 5.75 Å². The third-order valence-corrected chi connectivity index (χ3v) is 3.40. The molecule has 1 rings (SSSR count). The summed E-state index contributed by atoms with van der Waals surface area (Å²) in [6.07, 6.45) is 0.758. The van der Waals surface area contributed by atoms with Crippen molar-refractivity contribution in [3.8, 4) is 5.75 Å². The van der Waals surface area contributed by atoms with E-state index >= 15 is 0 Å². The molecule has 0 aliphatic rings. The predicted octanol–water partition coefficient (Wildman–Crippen LogP) is 1.38. The fourth-order valence-electron chi connectivity index (χ4n) is 1.15. The van der Waals surface area contributed by atoms with Crippen LogP contribution in [0.3, 0.4) is 0 Å². The van der Waals surface area contributed by atoms with E-state index < -0.39 is 10.0 Å². The van der Waals surface area contributed by atoms with Crippen LogP contribution in [-0.2, 0) is 10.0 Å². The van der Waals surface area contributed by atoms with Gasteiger partial charge in [-0.3, -0.25) is 0 Å². The molecule has 5 heteroatoms. The molecule has 4 nitrogen and oxygen atoms in total. The van der Waals surface area contributed by atoms with E-state index in [9.17, 15) is 8.42 Å². The minimum Gasteiger partial charge on any atom is -0.495 e. The summed E-state index contributed by atoms with van der Waals surface area (Å²) in [4.78, 5) is 0.181. The van der Waals surface area contributed by atoms with Gasteiger partial charge in [-0.15, -0.1) is 0 Å². The van der Waals surface area contributed by atoms with E-state index in [1.807, 2.05) is 6.92 Å². The van der Waals surface area contributed by atoms with E-state index in [4.69, 9.17) is 4.74 Å². The average molecular weight is 229 g/mol. The van der Waals surface area contributed by atoms with Gasteiger partial charge in [0.1, 0.15) is 10.6 Å². The van der Waals surface area contributed by atoms with E-state index in [0.717, 1.165) is 6.42 Å². The average Bonchev–Trinajstić information content (AvgIpc) is 2.26. The van der Waals surface area contributed by atoms with Gasteiger partial charge in [-0.2, -0.15) is 0 Å². The zero-order valence-electron chi connectivity index (χ0n) is 8.86. The van der Waals surface area contributed by atoms with E-state index in [1.54, 1.807) is 18.2 Å². The highest BCUT2D eigenvalue weighted by Crippen LogP contribution is 2.22. The molecular weight excluding hydrogens is 214 g/mol. The summed E-state index contributed by atoms with van der Waals surface area (Å²) in [6, 6.07) is 6.55. The maximum absolute atomic E-state index is 11.8. The first-order chi connectivity index (χ1) is 7.11. The fraction of sp³-hybridized carbons (Fsp3) is 0.400. The summed E-state index contributed by atoms with van der Waals surface area (Å²) < 4.78 is 31.0. The summed E-state index contributed by atoms with van der Waals surface area (Å²) in [6.45, 7) is 2.34. The number of ether oxygens (including phenoxy) is 1. The first-order valence-electron chi connectivity index (χ1n) is 4.74. The Labute approximate surface area is 90.3 Å². The van der Waals surface area contributed by atoms with Gasteiger partial charge in [-0.1, -0.05) is 19.1 Å². The van der Waals surface area contributed by atoms with Gasteiger partial charge in [0.2, 0.25) is 10.0 Å². The highest BCUT2D eigenvalue weighted by atomic mass is 32.2. The number of para-hydroxylation sites is 1. The van der Waals surface area contributed by atoms with Crippen LogP contribution in [-0.4, -0.2) is 22.1 Å². The van der Waals surface area contributed by atoms with Crippen LogP contribution in [0, 0.1) is 0 Å². The second-order valence-electron chi connectivity index (χ2n) is 3.05. The van der Waals surface area contributed by atoms with Gasteiger partial charge >= 0.3 is 0 Å². The standard InChI is InChI=1S/C10H15NO3S/c1-3-8-11-15(12,13)10-7-5-4-6-9(10)14-2/h4-7,11H,3,8H2,1-2H3. The number of hydrogen-bond donors (Lipinski definition) is 1. The number of rotatable bonds is 5. The molecule has 1 N–H and O–H groups in total. The molecule has 0 heterocycles.